The highest BCUT2D eigenvalue weighted by atomic mass is 32.2. The Bertz CT molecular complexity index is 1170. The van der Waals surface area contributed by atoms with Crippen molar-refractivity contribution in [3.8, 4) is 5.75 Å². The van der Waals surface area contributed by atoms with Gasteiger partial charge in [0.05, 0.1) is 11.4 Å². The number of nitrogens with zero attached hydrogens (tertiary/aromatic N) is 1. The number of rotatable bonds is 6. The Hall–Kier alpha value is -2.94. The van der Waals surface area contributed by atoms with E-state index in [2.05, 4.69) is 14.7 Å². The molecule has 0 saturated carbocycles. The van der Waals surface area contributed by atoms with Gasteiger partial charge in [0.15, 0.2) is 5.82 Å². The van der Waals surface area contributed by atoms with Crippen LogP contribution < -0.4 is 4.72 Å². The number of pyridine rings is 1. The monoisotopic (exact) mass is 405 g/mol. The van der Waals surface area contributed by atoms with Crippen molar-refractivity contribution in [1.82, 2.24) is 9.97 Å². The lowest BCUT2D eigenvalue weighted by Gasteiger charge is -2.11. The Morgan fingerprint density at radius 2 is 2.07 bits per heavy atom. The van der Waals surface area contributed by atoms with Crippen LogP contribution in [-0.2, 0) is 10.0 Å². The molecule has 1 aromatic carbocycles. The molecule has 3 N–H and O–H groups in total. The zero-order valence-electron chi connectivity index (χ0n) is 15.6. The molecule has 0 saturated heterocycles. The number of carbonyl (C=O) groups is 1. The summed E-state index contributed by atoms with van der Waals surface area (Å²) < 4.78 is 40.5. The second kappa shape index (κ2) is 7.23. The Morgan fingerprint density at radius 1 is 1.36 bits per heavy atom. The van der Waals surface area contributed by atoms with E-state index in [1.807, 2.05) is 13.8 Å². The summed E-state index contributed by atoms with van der Waals surface area (Å²) in [5.41, 5.74) is 0.483. The highest BCUT2D eigenvalue weighted by Crippen LogP contribution is 2.32. The van der Waals surface area contributed by atoms with Crippen molar-refractivity contribution in [1.29, 1.82) is 0 Å². The van der Waals surface area contributed by atoms with Gasteiger partial charge in [-0.15, -0.1) is 0 Å². The average molecular weight is 405 g/mol. The molecule has 0 aliphatic carbocycles. The topological polar surface area (TPSA) is 112 Å². The molecular weight excluding hydrogens is 385 g/mol. The van der Waals surface area contributed by atoms with Gasteiger partial charge >= 0.3 is 0 Å². The largest absolute Gasteiger partial charge is 0.507 e. The minimum Gasteiger partial charge on any atom is -0.507 e. The lowest BCUT2D eigenvalue weighted by atomic mass is 9.99. The third kappa shape index (κ3) is 3.57. The van der Waals surface area contributed by atoms with Crippen LogP contribution in [0.5, 0.6) is 5.75 Å². The first-order valence-electron chi connectivity index (χ1n) is 8.68. The number of ketones is 1. The number of hydrogen-bond acceptors (Lipinski definition) is 5. The minimum absolute atomic E-state index is 0.134. The zero-order valence-corrected chi connectivity index (χ0v) is 16.4. The number of hydrogen-bond donors (Lipinski definition) is 3. The van der Waals surface area contributed by atoms with Crippen LogP contribution in [0.3, 0.4) is 0 Å². The molecule has 0 atom stereocenters. The zero-order chi connectivity index (χ0) is 20.6. The molecule has 0 spiro atoms. The summed E-state index contributed by atoms with van der Waals surface area (Å²) in [6, 6.07) is 3.94. The second-order valence-electron chi connectivity index (χ2n) is 6.68. The molecule has 3 aromatic rings. The van der Waals surface area contributed by atoms with Crippen LogP contribution in [-0.4, -0.2) is 35.0 Å². The first-order valence-corrected chi connectivity index (χ1v) is 10.3. The lowest BCUT2D eigenvalue weighted by Crippen LogP contribution is -2.17. The molecule has 9 heteroatoms. The van der Waals surface area contributed by atoms with Crippen molar-refractivity contribution >= 4 is 32.5 Å². The van der Waals surface area contributed by atoms with E-state index in [0.29, 0.717) is 11.0 Å². The summed E-state index contributed by atoms with van der Waals surface area (Å²) in [5.74, 6) is -2.58. The van der Waals surface area contributed by atoms with Gasteiger partial charge in [-0.25, -0.2) is 17.8 Å². The summed E-state index contributed by atoms with van der Waals surface area (Å²) in [7, 11) is -3.75. The van der Waals surface area contributed by atoms with Gasteiger partial charge < -0.3 is 10.1 Å². The number of H-pyrrole nitrogens is 1. The maximum absolute atomic E-state index is 14.9. The molecule has 0 unspecified atom stereocenters. The van der Waals surface area contributed by atoms with Gasteiger partial charge in [-0.1, -0.05) is 13.8 Å². The Kier molecular flexibility index (Phi) is 5.12. The van der Waals surface area contributed by atoms with E-state index in [1.165, 1.54) is 13.1 Å². The van der Waals surface area contributed by atoms with Crippen LogP contribution in [0.2, 0.25) is 0 Å². The molecule has 3 rings (SSSR count). The number of halogens is 1. The van der Waals surface area contributed by atoms with Gasteiger partial charge in [-0.2, -0.15) is 0 Å². The van der Waals surface area contributed by atoms with Crippen LogP contribution in [0.15, 0.2) is 30.6 Å². The van der Waals surface area contributed by atoms with Crippen molar-refractivity contribution in [2.75, 3.05) is 10.5 Å². The van der Waals surface area contributed by atoms with E-state index >= 15 is 0 Å². The molecule has 0 radical (unpaired) electrons. The smallest absolute Gasteiger partial charge is 0.232 e. The summed E-state index contributed by atoms with van der Waals surface area (Å²) in [6.45, 7) is 5.36. The van der Waals surface area contributed by atoms with E-state index in [-0.39, 0.29) is 17.2 Å². The van der Waals surface area contributed by atoms with E-state index in [4.69, 9.17) is 0 Å². The molecule has 0 bridgehead atoms. The number of phenolic OH excluding ortho intramolecular Hbond substituents is 1. The summed E-state index contributed by atoms with van der Waals surface area (Å²) in [6.07, 6.45) is 3.09. The fraction of sp³-hybridized carbons (Fsp3) is 0.263. The van der Waals surface area contributed by atoms with E-state index in [9.17, 15) is 22.7 Å². The normalized spacial score (nSPS) is 11.9. The number of phenols is 1. The third-order valence-electron chi connectivity index (χ3n) is 4.46. The number of nitrogens with one attached hydrogen (secondary N) is 2. The SMILES string of the molecule is CCS(=O)(=O)Nc1ccc(O)c(C(=O)c2c[nH]c3ncc(C(C)C)cc23)c1F. The van der Waals surface area contributed by atoms with Gasteiger partial charge in [0, 0.05) is 23.3 Å². The molecule has 0 aliphatic rings. The van der Waals surface area contributed by atoms with E-state index < -0.39 is 38.6 Å². The lowest BCUT2D eigenvalue weighted by molar-refractivity contribution is 0.103. The summed E-state index contributed by atoms with van der Waals surface area (Å²) >= 11 is 0. The molecule has 28 heavy (non-hydrogen) atoms. The molecule has 0 amide bonds. The highest BCUT2D eigenvalue weighted by molar-refractivity contribution is 7.92. The Balaban J connectivity index is 2.13. The number of sulfonamides is 1. The van der Waals surface area contributed by atoms with Gasteiger partial charge in [-0.05, 0) is 36.6 Å². The fourth-order valence-corrected chi connectivity index (χ4v) is 3.40. The summed E-state index contributed by atoms with van der Waals surface area (Å²) in [5, 5.41) is 10.6. The van der Waals surface area contributed by atoms with Gasteiger partial charge in [-0.3, -0.25) is 9.52 Å². The number of fused-ring (bicyclic) bond motifs is 1. The molecule has 7 nitrogen and oxygen atoms in total. The van der Waals surface area contributed by atoms with Crippen molar-refractivity contribution < 1.29 is 22.7 Å². The van der Waals surface area contributed by atoms with Crippen LogP contribution in [0, 0.1) is 5.82 Å². The quantitative estimate of drug-likeness (QED) is 0.429. The second-order valence-corrected chi connectivity index (χ2v) is 8.69. The number of anilines is 1. The van der Waals surface area contributed by atoms with Crippen LogP contribution >= 0.6 is 0 Å². The fourth-order valence-electron chi connectivity index (χ4n) is 2.76. The Morgan fingerprint density at radius 3 is 2.71 bits per heavy atom. The van der Waals surface area contributed by atoms with Crippen molar-refractivity contribution in [3.05, 3.63) is 53.1 Å². The number of aromatic amines is 1. The average Bonchev–Trinajstić information content (AvgIpc) is 3.07. The first-order chi connectivity index (χ1) is 13.1. The number of aromatic nitrogens is 2. The van der Waals surface area contributed by atoms with Gasteiger partial charge in [0.1, 0.15) is 17.0 Å². The summed E-state index contributed by atoms with van der Waals surface area (Å²) in [4.78, 5) is 20.1. The number of carbonyl (C=O) groups excluding carboxylic acids is 1. The van der Waals surface area contributed by atoms with Gasteiger partial charge in [0.2, 0.25) is 15.8 Å². The van der Waals surface area contributed by atoms with E-state index in [1.54, 1.807) is 12.3 Å². The predicted octanol–water partition coefficient (Wildman–Crippen LogP) is 3.52. The number of benzene rings is 1. The minimum atomic E-state index is -3.75. The first kappa shape index (κ1) is 19.8. The highest BCUT2D eigenvalue weighted by Gasteiger charge is 2.25. The molecule has 2 aromatic heterocycles. The third-order valence-corrected chi connectivity index (χ3v) is 5.75. The molecular formula is C19H20FN3O4S. The number of aromatic hydroxyl groups is 1. The maximum atomic E-state index is 14.9. The van der Waals surface area contributed by atoms with Gasteiger partial charge in [0.25, 0.3) is 0 Å². The van der Waals surface area contributed by atoms with E-state index in [0.717, 1.165) is 17.7 Å². The van der Waals surface area contributed by atoms with Crippen LogP contribution in [0.25, 0.3) is 11.0 Å². The molecule has 2 heterocycles. The van der Waals surface area contributed by atoms with Crippen molar-refractivity contribution in [2.24, 2.45) is 0 Å². The van der Waals surface area contributed by atoms with Crippen LogP contribution in [0.4, 0.5) is 10.1 Å². The maximum Gasteiger partial charge on any atom is 0.232 e. The molecule has 0 fully saturated rings. The van der Waals surface area contributed by atoms with Crippen molar-refractivity contribution in [2.45, 2.75) is 26.7 Å². The van der Waals surface area contributed by atoms with Crippen molar-refractivity contribution in [3.63, 3.8) is 0 Å². The standard InChI is InChI=1S/C19H20FN3O4S/c1-4-28(26,27)23-14-5-6-15(24)16(17(14)20)18(25)13-9-22-19-12(13)7-11(8-21-19)10(2)3/h5-10,23-24H,4H2,1-3H3,(H,21,22). The predicted molar refractivity (Wildman–Crippen MR) is 105 cm³/mol. The molecule has 0 aliphatic heterocycles. The Labute approximate surface area is 161 Å². The molecule has 148 valence electrons. The van der Waals surface area contributed by atoms with Crippen LogP contribution in [0.1, 0.15) is 48.2 Å².